The number of rotatable bonds is 9. The molecule has 7 heteroatoms. The van der Waals surface area contributed by atoms with E-state index in [1.165, 1.54) is 0 Å². The molecule has 0 aliphatic rings. The van der Waals surface area contributed by atoms with Gasteiger partial charge in [0.15, 0.2) is 6.04 Å². The summed E-state index contributed by atoms with van der Waals surface area (Å²) in [6, 6.07) is -1.88. The molecule has 2 amide bonds. The molecule has 4 N–H and O–H groups in total. The summed E-state index contributed by atoms with van der Waals surface area (Å²) in [5.74, 6) is -1.27. The normalized spacial score (nSPS) is 11.9. The van der Waals surface area contributed by atoms with E-state index in [4.69, 9.17) is 14.9 Å². The lowest BCUT2D eigenvalue weighted by molar-refractivity contribution is -0.140. The molecule has 0 fully saturated rings. The van der Waals surface area contributed by atoms with E-state index >= 15 is 0 Å². The molecule has 1 atom stereocenters. The minimum atomic E-state index is -1.27. The third-order valence-electron chi connectivity index (χ3n) is 1.89. The number of aliphatic carboxylic acids is 1. The Balaban J connectivity index is 3.55. The predicted molar refractivity (Wildman–Crippen MR) is 60.8 cm³/mol. The fourth-order valence-electron chi connectivity index (χ4n) is 1.02. The number of aliphatic hydroxyl groups is 1. The molecule has 0 bridgehead atoms. The van der Waals surface area contributed by atoms with Crippen molar-refractivity contribution >= 4 is 12.0 Å². The van der Waals surface area contributed by atoms with E-state index < -0.39 is 24.6 Å². The summed E-state index contributed by atoms with van der Waals surface area (Å²) in [7, 11) is 0. The fourth-order valence-corrected chi connectivity index (χ4v) is 1.02. The largest absolute Gasteiger partial charge is 0.480 e. The van der Waals surface area contributed by atoms with Crippen LogP contribution in [0.15, 0.2) is 0 Å². The summed E-state index contributed by atoms with van der Waals surface area (Å²) in [5, 5.41) is 21.8. The zero-order valence-electron chi connectivity index (χ0n) is 9.94. The zero-order chi connectivity index (χ0) is 13.1. The fraction of sp³-hybridized carbons (Fsp3) is 0.800. The average molecular weight is 248 g/mol. The highest BCUT2D eigenvalue weighted by atomic mass is 16.5. The lowest BCUT2D eigenvalue weighted by Gasteiger charge is -2.12. The van der Waals surface area contributed by atoms with E-state index in [1.54, 1.807) is 0 Å². The van der Waals surface area contributed by atoms with Gasteiger partial charge in [-0.15, -0.1) is 0 Å². The Morgan fingerprint density at radius 1 is 1.35 bits per heavy atom. The average Bonchev–Trinajstić information content (AvgIpc) is 2.30. The lowest BCUT2D eigenvalue weighted by Crippen LogP contribution is -2.48. The number of nitrogens with one attached hydrogen (secondary N) is 2. The molecule has 0 unspecified atom stereocenters. The van der Waals surface area contributed by atoms with Gasteiger partial charge >= 0.3 is 12.0 Å². The minimum absolute atomic E-state index is 0.396. The molecule has 0 aromatic carbocycles. The van der Waals surface area contributed by atoms with Crippen molar-refractivity contribution in [1.82, 2.24) is 10.6 Å². The van der Waals surface area contributed by atoms with Crippen molar-refractivity contribution in [2.75, 3.05) is 26.4 Å². The van der Waals surface area contributed by atoms with E-state index in [1.807, 2.05) is 6.92 Å². The molecule has 0 saturated carbocycles. The van der Waals surface area contributed by atoms with Gasteiger partial charge in [-0.1, -0.05) is 6.92 Å². The van der Waals surface area contributed by atoms with E-state index in [0.717, 1.165) is 6.42 Å². The van der Waals surface area contributed by atoms with E-state index in [2.05, 4.69) is 10.6 Å². The first-order valence-electron chi connectivity index (χ1n) is 5.57. The molecule has 0 heterocycles. The van der Waals surface area contributed by atoms with Gasteiger partial charge in [0.2, 0.25) is 0 Å². The SMILES string of the molecule is CCCOCCCNC(=O)N[C@@H](CO)C(=O)O. The molecule has 0 aromatic heterocycles. The molecule has 0 rings (SSSR count). The highest BCUT2D eigenvalue weighted by Gasteiger charge is 2.17. The Morgan fingerprint density at radius 2 is 2.06 bits per heavy atom. The minimum Gasteiger partial charge on any atom is -0.480 e. The number of carbonyl (C=O) groups is 2. The van der Waals surface area contributed by atoms with Gasteiger partial charge < -0.3 is 25.6 Å². The molecule has 0 aromatic rings. The van der Waals surface area contributed by atoms with E-state index in [-0.39, 0.29) is 0 Å². The molecule has 17 heavy (non-hydrogen) atoms. The maximum Gasteiger partial charge on any atom is 0.328 e. The van der Waals surface area contributed by atoms with Crippen molar-refractivity contribution < 1.29 is 24.5 Å². The second kappa shape index (κ2) is 9.86. The van der Waals surface area contributed by atoms with Crippen LogP contribution in [0.2, 0.25) is 0 Å². The third-order valence-corrected chi connectivity index (χ3v) is 1.89. The predicted octanol–water partition coefficient (Wildman–Crippen LogP) is -0.452. The van der Waals surface area contributed by atoms with Gasteiger partial charge in [0.05, 0.1) is 6.61 Å². The molecule has 0 aliphatic carbocycles. The first-order chi connectivity index (χ1) is 8.11. The molecular weight excluding hydrogens is 228 g/mol. The summed E-state index contributed by atoms with van der Waals surface area (Å²) >= 11 is 0. The zero-order valence-corrected chi connectivity index (χ0v) is 9.94. The number of hydrogen-bond donors (Lipinski definition) is 4. The van der Waals surface area contributed by atoms with Crippen LogP contribution in [0.3, 0.4) is 0 Å². The van der Waals surface area contributed by atoms with Gasteiger partial charge in [0, 0.05) is 19.8 Å². The molecule has 7 nitrogen and oxygen atoms in total. The van der Waals surface area contributed by atoms with Gasteiger partial charge in [-0.2, -0.15) is 0 Å². The van der Waals surface area contributed by atoms with Gasteiger partial charge in [0.25, 0.3) is 0 Å². The Kier molecular flexibility index (Phi) is 9.08. The number of carboxylic acids is 1. The van der Waals surface area contributed by atoms with Crippen molar-refractivity contribution in [2.45, 2.75) is 25.8 Å². The number of aliphatic hydroxyl groups excluding tert-OH is 1. The van der Waals surface area contributed by atoms with Crippen LogP contribution >= 0.6 is 0 Å². The summed E-state index contributed by atoms with van der Waals surface area (Å²) in [6.07, 6.45) is 1.61. The summed E-state index contributed by atoms with van der Waals surface area (Å²) < 4.78 is 5.20. The third kappa shape index (κ3) is 8.47. The standard InChI is InChI=1S/C10H20N2O5/c1-2-5-17-6-3-4-11-10(16)12-8(7-13)9(14)15/h8,13H,2-7H2,1H3,(H,14,15)(H2,11,12,16)/t8-/m0/s1. The molecule has 100 valence electrons. The Bertz CT molecular complexity index is 235. The number of amides is 2. The first kappa shape index (κ1) is 15.7. The smallest absolute Gasteiger partial charge is 0.328 e. The van der Waals surface area contributed by atoms with Crippen LogP contribution in [-0.2, 0) is 9.53 Å². The summed E-state index contributed by atoms with van der Waals surface area (Å²) in [4.78, 5) is 21.7. The number of hydrogen-bond acceptors (Lipinski definition) is 4. The number of urea groups is 1. The maximum absolute atomic E-state index is 11.2. The maximum atomic E-state index is 11.2. The van der Waals surface area contributed by atoms with Gasteiger partial charge in [-0.3, -0.25) is 0 Å². The second-order valence-corrected chi connectivity index (χ2v) is 3.44. The molecule has 0 saturated heterocycles. The molecular formula is C10H20N2O5. The van der Waals surface area contributed by atoms with Crippen molar-refractivity contribution in [3.63, 3.8) is 0 Å². The van der Waals surface area contributed by atoms with Crippen LogP contribution in [0.5, 0.6) is 0 Å². The number of carboxylic acid groups (broad SMARTS) is 1. The van der Waals surface area contributed by atoms with Crippen LogP contribution in [0, 0.1) is 0 Å². The highest BCUT2D eigenvalue weighted by molar-refractivity contribution is 5.82. The summed E-state index contributed by atoms with van der Waals surface area (Å²) in [5.41, 5.74) is 0. The van der Waals surface area contributed by atoms with Gasteiger partial charge in [0.1, 0.15) is 0 Å². The van der Waals surface area contributed by atoms with Crippen LogP contribution in [0.1, 0.15) is 19.8 Å². The molecule has 0 spiro atoms. The molecule has 0 aliphatic heterocycles. The van der Waals surface area contributed by atoms with Crippen molar-refractivity contribution in [3.8, 4) is 0 Å². The topological polar surface area (TPSA) is 108 Å². The van der Waals surface area contributed by atoms with Crippen LogP contribution in [0.4, 0.5) is 4.79 Å². The van der Waals surface area contributed by atoms with Crippen LogP contribution in [-0.4, -0.2) is 54.6 Å². The highest BCUT2D eigenvalue weighted by Crippen LogP contribution is 1.85. The van der Waals surface area contributed by atoms with Crippen LogP contribution < -0.4 is 10.6 Å². The Hall–Kier alpha value is -1.34. The monoisotopic (exact) mass is 248 g/mol. The van der Waals surface area contributed by atoms with Gasteiger partial charge in [-0.25, -0.2) is 9.59 Å². The quantitative estimate of drug-likeness (QED) is 0.413. The Morgan fingerprint density at radius 3 is 2.59 bits per heavy atom. The number of ether oxygens (including phenoxy) is 1. The Labute approximate surface area is 100 Å². The van der Waals surface area contributed by atoms with Crippen LogP contribution in [0.25, 0.3) is 0 Å². The number of carbonyl (C=O) groups excluding carboxylic acids is 1. The van der Waals surface area contributed by atoms with Crippen molar-refractivity contribution in [2.24, 2.45) is 0 Å². The van der Waals surface area contributed by atoms with Crippen molar-refractivity contribution in [1.29, 1.82) is 0 Å². The molecule has 0 radical (unpaired) electrons. The lowest BCUT2D eigenvalue weighted by atomic mass is 10.3. The van der Waals surface area contributed by atoms with E-state index in [9.17, 15) is 9.59 Å². The van der Waals surface area contributed by atoms with Crippen molar-refractivity contribution in [3.05, 3.63) is 0 Å². The van der Waals surface area contributed by atoms with Gasteiger partial charge in [-0.05, 0) is 12.8 Å². The summed E-state index contributed by atoms with van der Waals surface area (Å²) in [6.45, 7) is 3.01. The first-order valence-corrected chi connectivity index (χ1v) is 5.57. The van der Waals surface area contributed by atoms with E-state index in [0.29, 0.717) is 26.2 Å². The second-order valence-electron chi connectivity index (χ2n) is 3.44.